The van der Waals surface area contributed by atoms with Crippen molar-refractivity contribution in [1.29, 1.82) is 0 Å². The van der Waals surface area contributed by atoms with E-state index in [9.17, 15) is 4.79 Å². The molecule has 1 fully saturated rings. The van der Waals surface area contributed by atoms with E-state index in [2.05, 4.69) is 15.5 Å². The molecular formula is C16H20N4O3. The van der Waals surface area contributed by atoms with Gasteiger partial charge in [-0.05, 0) is 31.4 Å². The van der Waals surface area contributed by atoms with Gasteiger partial charge in [-0.25, -0.2) is 4.79 Å². The van der Waals surface area contributed by atoms with Crippen LogP contribution in [0.15, 0.2) is 35.1 Å². The number of carbonyl (C=O) groups excluding carboxylic acids is 1. The first-order chi connectivity index (χ1) is 11.2. The van der Waals surface area contributed by atoms with Crippen LogP contribution in [-0.2, 0) is 11.3 Å². The van der Waals surface area contributed by atoms with E-state index in [-0.39, 0.29) is 12.1 Å². The van der Waals surface area contributed by atoms with Gasteiger partial charge in [0.1, 0.15) is 5.76 Å². The average molecular weight is 316 g/mol. The minimum atomic E-state index is -0.224. The Balaban J connectivity index is 1.68. The number of rotatable bonds is 5. The highest BCUT2D eigenvalue weighted by atomic mass is 16.5. The van der Waals surface area contributed by atoms with Crippen molar-refractivity contribution < 1.29 is 14.1 Å². The van der Waals surface area contributed by atoms with Crippen molar-refractivity contribution in [3.05, 3.63) is 41.9 Å². The Morgan fingerprint density at radius 1 is 1.52 bits per heavy atom. The van der Waals surface area contributed by atoms with E-state index in [0.717, 1.165) is 25.0 Å². The third-order valence-corrected chi connectivity index (χ3v) is 3.69. The number of urea groups is 1. The van der Waals surface area contributed by atoms with Crippen molar-refractivity contribution in [3.63, 3.8) is 0 Å². The minimum absolute atomic E-state index is 0.0801. The van der Waals surface area contributed by atoms with Crippen LogP contribution in [0.25, 0.3) is 0 Å². The zero-order chi connectivity index (χ0) is 16.1. The molecule has 0 aliphatic carbocycles. The molecule has 3 rings (SSSR count). The number of ether oxygens (including phenoxy) is 1. The number of aromatic nitrogens is 2. The van der Waals surface area contributed by atoms with Gasteiger partial charge in [-0.2, -0.15) is 0 Å². The highest BCUT2D eigenvalue weighted by Crippen LogP contribution is 2.16. The number of nitrogens with one attached hydrogen (secondary N) is 1. The fraction of sp³-hybridized carbons (Fsp3) is 0.438. The summed E-state index contributed by atoms with van der Waals surface area (Å²) in [6.07, 6.45) is 5.56. The summed E-state index contributed by atoms with van der Waals surface area (Å²) in [6.45, 7) is 3.55. The lowest BCUT2D eigenvalue weighted by molar-refractivity contribution is 0.0819. The van der Waals surface area contributed by atoms with Gasteiger partial charge in [0.05, 0.1) is 6.10 Å². The molecule has 2 aromatic heterocycles. The van der Waals surface area contributed by atoms with E-state index in [1.54, 1.807) is 30.3 Å². The number of amides is 2. The molecule has 1 saturated heterocycles. The minimum Gasteiger partial charge on any atom is -0.376 e. The molecule has 0 bridgehead atoms. The maximum Gasteiger partial charge on any atom is 0.323 e. The smallest absolute Gasteiger partial charge is 0.323 e. The second kappa shape index (κ2) is 7.23. The topological polar surface area (TPSA) is 80.5 Å². The van der Waals surface area contributed by atoms with E-state index in [1.165, 1.54) is 0 Å². The highest BCUT2D eigenvalue weighted by Gasteiger charge is 2.23. The van der Waals surface area contributed by atoms with Gasteiger partial charge in [0.2, 0.25) is 0 Å². The first-order valence-corrected chi connectivity index (χ1v) is 7.70. The Labute approximate surface area is 134 Å². The Morgan fingerprint density at radius 3 is 3.09 bits per heavy atom. The normalized spacial score (nSPS) is 17.2. The van der Waals surface area contributed by atoms with Crippen molar-refractivity contribution in [3.8, 4) is 0 Å². The fourth-order valence-corrected chi connectivity index (χ4v) is 2.58. The van der Waals surface area contributed by atoms with Crippen molar-refractivity contribution in [2.24, 2.45) is 0 Å². The summed E-state index contributed by atoms with van der Waals surface area (Å²) in [5.74, 6) is 1.06. The molecule has 7 heteroatoms. The predicted molar refractivity (Wildman–Crippen MR) is 83.9 cm³/mol. The summed E-state index contributed by atoms with van der Waals surface area (Å²) >= 11 is 0. The summed E-state index contributed by atoms with van der Waals surface area (Å²) in [6, 6.07) is 5.27. The summed E-state index contributed by atoms with van der Waals surface area (Å²) in [5.41, 5.74) is 0.969. The molecule has 3 heterocycles. The Bertz CT molecular complexity index is 638. The zero-order valence-electron chi connectivity index (χ0n) is 13.1. The summed E-state index contributed by atoms with van der Waals surface area (Å²) in [5, 5.41) is 6.56. The molecule has 2 aromatic rings. The van der Waals surface area contributed by atoms with Gasteiger partial charge >= 0.3 is 6.03 Å². The van der Waals surface area contributed by atoms with Crippen LogP contribution in [0.4, 0.5) is 10.6 Å². The molecule has 0 unspecified atom stereocenters. The van der Waals surface area contributed by atoms with Gasteiger partial charge in [0, 0.05) is 38.2 Å². The second-order valence-corrected chi connectivity index (χ2v) is 5.63. The Kier molecular flexibility index (Phi) is 4.87. The van der Waals surface area contributed by atoms with Gasteiger partial charge in [-0.3, -0.25) is 10.3 Å². The van der Waals surface area contributed by atoms with Gasteiger partial charge < -0.3 is 14.2 Å². The van der Waals surface area contributed by atoms with Crippen LogP contribution in [0, 0.1) is 6.92 Å². The Hall–Kier alpha value is -2.41. The maximum atomic E-state index is 12.6. The van der Waals surface area contributed by atoms with Gasteiger partial charge in [0.25, 0.3) is 0 Å². The second-order valence-electron chi connectivity index (χ2n) is 5.63. The predicted octanol–water partition coefficient (Wildman–Crippen LogP) is 2.59. The molecule has 0 radical (unpaired) electrons. The van der Waals surface area contributed by atoms with Crippen LogP contribution in [0.2, 0.25) is 0 Å². The van der Waals surface area contributed by atoms with E-state index in [1.807, 2.05) is 12.1 Å². The first-order valence-electron chi connectivity index (χ1n) is 7.70. The number of aryl methyl sites for hydroxylation is 1. The van der Waals surface area contributed by atoms with E-state index >= 15 is 0 Å². The summed E-state index contributed by atoms with van der Waals surface area (Å²) < 4.78 is 10.6. The SMILES string of the molecule is Cc1cc(NC(=O)N(Cc2cccnc2)C[C@@H]2CCCO2)no1. The van der Waals surface area contributed by atoms with Crippen LogP contribution in [0.1, 0.15) is 24.2 Å². The molecule has 7 nitrogen and oxygen atoms in total. The monoisotopic (exact) mass is 316 g/mol. The number of anilines is 1. The third-order valence-electron chi connectivity index (χ3n) is 3.69. The fourth-order valence-electron chi connectivity index (χ4n) is 2.58. The molecule has 2 amide bonds. The molecule has 23 heavy (non-hydrogen) atoms. The molecule has 1 aliphatic rings. The summed E-state index contributed by atoms with van der Waals surface area (Å²) in [7, 11) is 0. The summed E-state index contributed by atoms with van der Waals surface area (Å²) in [4.78, 5) is 18.4. The highest BCUT2D eigenvalue weighted by molar-refractivity contribution is 5.88. The molecule has 1 aliphatic heterocycles. The quantitative estimate of drug-likeness (QED) is 0.917. The third kappa shape index (κ3) is 4.29. The van der Waals surface area contributed by atoms with Crippen LogP contribution >= 0.6 is 0 Å². The van der Waals surface area contributed by atoms with Crippen molar-refractivity contribution in [2.45, 2.75) is 32.4 Å². The average Bonchev–Trinajstić information content (AvgIpc) is 3.19. The van der Waals surface area contributed by atoms with E-state index in [4.69, 9.17) is 9.26 Å². The van der Waals surface area contributed by atoms with Crippen molar-refractivity contribution in [1.82, 2.24) is 15.0 Å². The number of hydrogen-bond acceptors (Lipinski definition) is 5. The van der Waals surface area contributed by atoms with Gasteiger partial charge in [-0.15, -0.1) is 0 Å². The van der Waals surface area contributed by atoms with Crippen molar-refractivity contribution >= 4 is 11.8 Å². The number of nitrogens with zero attached hydrogens (tertiary/aromatic N) is 3. The van der Waals surface area contributed by atoms with Gasteiger partial charge in [0.15, 0.2) is 5.82 Å². The molecule has 1 N–H and O–H groups in total. The zero-order valence-corrected chi connectivity index (χ0v) is 13.1. The Morgan fingerprint density at radius 2 is 2.43 bits per heavy atom. The molecule has 0 aromatic carbocycles. The standard InChI is InChI=1S/C16H20N4O3/c1-12-8-15(19-23-12)18-16(21)20(11-14-5-3-7-22-14)10-13-4-2-6-17-9-13/h2,4,6,8-9,14H,3,5,7,10-11H2,1H3,(H,18,19,21)/t14-/m0/s1. The maximum absolute atomic E-state index is 12.6. The van der Waals surface area contributed by atoms with E-state index < -0.39 is 0 Å². The number of carbonyl (C=O) groups is 1. The lowest BCUT2D eigenvalue weighted by Gasteiger charge is -2.25. The first kappa shape index (κ1) is 15.5. The van der Waals surface area contributed by atoms with Crippen LogP contribution in [-0.4, -0.2) is 40.3 Å². The van der Waals surface area contributed by atoms with Gasteiger partial charge in [-0.1, -0.05) is 11.2 Å². The molecule has 0 spiro atoms. The molecule has 0 saturated carbocycles. The van der Waals surface area contributed by atoms with Crippen molar-refractivity contribution in [2.75, 3.05) is 18.5 Å². The van der Waals surface area contributed by atoms with Crippen LogP contribution < -0.4 is 5.32 Å². The number of hydrogen-bond donors (Lipinski definition) is 1. The van der Waals surface area contributed by atoms with Crippen LogP contribution in [0.3, 0.4) is 0 Å². The van der Waals surface area contributed by atoms with Crippen LogP contribution in [0.5, 0.6) is 0 Å². The largest absolute Gasteiger partial charge is 0.376 e. The van der Waals surface area contributed by atoms with E-state index in [0.29, 0.717) is 24.7 Å². The molecule has 1 atom stereocenters. The molecular weight excluding hydrogens is 296 g/mol. The molecule has 122 valence electrons. The lowest BCUT2D eigenvalue weighted by Crippen LogP contribution is -2.39. The lowest BCUT2D eigenvalue weighted by atomic mass is 10.2. The number of pyridine rings is 1.